The molecular formula is C25H22FNO2. The van der Waals surface area contributed by atoms with Crippen LogP contribution in [0.4, 0.5) is 4.39 Å². The first-order chi connectivity index (χ1) is 14.1. The lowest BCUT2D eigenvalue weighted by molar-refractivity contribution is 0.266. The molecule has 0 radical (unpaired) electrons. The van der Waals surface area contributed by atoms with Crippen molar-refractivity contribution in [1.82, 2.24) is 0 Å². The van der Waals surface area contributed by atoms with Gasteiger partial charge in [0, 0.05) is 5.56 Å². The summed E-state index contributed by atoms with van der Waals surface area (Å²) < 4.78 is 25.3. The van der Waals surface area contributed by atoms with Gasteiger partial charge in [0.25, 0.3) is 0 Å². The Kier molecular flexibility index (Phi) is 6.65. The van der Waals surface area contributed by atoms with E-state index in [-0.39, 0.29) is 12.4 Å². The maximum Gasteiger partial charge on any atom is 0.161 e. The molecule has 0 saturated heterocycles. The van der Waals surface area contributed by atoms with Crippen molar-refractivity contribution in [2.45, 2.75) is 20.5 Å². The molecule has 0 N–H and O–H groups in total. The number of hydrogen-bond acceptors (Lipinski definition) is 3. The molecular weight excluding hydrogens is 365 g/mol. The van der Waals surface area contributed by atoms with E-state index in [4.69, 9.17) is 9.47 Å². The number of rotatable bonds is 7. The van der Waals surface area contributed by atoms with Crippen molar-refractivity contribution in [2.75, 3.05) is 6.61 Å². The number of allylic oxidation sites excluding steroid dienone is 1. The van der Waals surface area contributed by atoms with Crippen molar-refractivity contribution < 1.29 is 13.9 Å². The van der Waals surface area contributed by atoms with Crippen molar-refractivity contribution >= 4 is 11.6 Å². The van der Waals surface area contributed by atoms with Crippen molar-refractivity contribution in [3.05, 3.63) is 94.8 Å². The van der Waals surface area contributed by atoms with Gasteiger partial charge in [0.05, 0.1) is 18.2 Å². The Balaban J connectivity index is 1.86. The maximum atomic E-state index is 13.8. The largest absolute Gasteiger partial charge is 0.490 e. The fourth-order valence-corrected chi connectivity index (χ4v) is 2.85. The first-order valence-corrected chi connectivity index (χ1v) is 9.42. The summed E-state index contributed by atoms with van der Waals surface area (Å²) in [6, 6.07) is 22.0. The van der Waals surface area contributed by atoms with Gasteiger partial charge in [-0.3, -0.25) is 0 Å². The highest BCUT2D eigenvalue weighted by molar-refractivity contribution is 5.89. The average Bonchev–Trinajstić information content (AvgIpc) is 2.73. The molecule has 0 unspecified atom stereocenters. The summed E-state index contributed by atoms with van der Waals surface area (Å²) in [6.07, 6.45) is 1.81. The highest BCUT2D eigenvalue weighted by Crippen LogP contribution is 2.31. The lowest BCUT2D eigenvalue weighted by Crippen LogP contribution is -2.01. The molecule has 0 fully saturated rings. The minimum atomic E-state index is -0.304. The van der Waals surface area contributed by atoms with E-state index < -0.39 is 0 Å². The van der Waals surface area contributed by atoms with E-state index in [1.54, 1.807) is 24.3 Å². The number of ether oxygens (including phenoxy) is 2. The average molecular weight is 387 g/mol. The summed E-state index contributed by atoms with van der Waals surface area (Å²) in [5, 5.41) is 9.56. The van der Waals surface area contributed by atoms with Gasteiger partial charge < -0.3 is 9.47 Å². The minimum absolute atomic E-state index is 0.106. The van der Waals surface area contributed by atoms with Gasteiger partial charge in [-0.25, -0.2) is 4.39 Å². The molecule has 3 nitrogen and oxygen atoms in total. The first kappa shape index (κ1) is 20.2. The van der Waals surface area contributed by atoms with Gasteiger partial charge in [-0.15, -0.1) is 0 Å². The number of nitrogens with zero attached hydrogens (tertiary/aromatic N) is 1. The van der Waals surface area contributed by atoms with Crippen molar-refractivity contribution in [3.8, 4) is 17.6 Å². The molecule has 0 spiro atoms. The van der Waals surface area contributed by atoms with Gasteiger partial charge >= 0.3 is 0 Å². The van der Waals surface area contributed by atoms with Gasteiger partial charge in [-0.2, -0.15) is 5.26 Å². The lowest BCUT2D eigenvalue weighted by Gasteiger charge is -2.13. The molecule has 0 heterocycles. The smallest absolute Gasteiger partial charge is 0.161 e. The zero-order valence-electron chi connectivity index (χ0n) is 16.5. The zero-order chi connectivity index (χ0) is 20.6. The Labute approximate surface area is 170 Å². The monoisotopic (exact) mass is 387 g/mol. The summed E-state index contributed by atoms with van der Waals surface area (Å²) in [7, 11) is 0. The molecule has 0 aliphatic heterocycles. The lowest BCUT2D eigenvalue weighted by atomic mass is 10.0. The minimum Gasteiger partial charge on any atom is -0.490 e. The molecule has 29 heavy (non-hydrogen) atoms. The number of halogens is 1. The molecule has 3 aromatic carbocycles. The summed E-state index contributed by atoms with van der Waals surface area (Å²) in [5.41, 5.74) is 3.86. The van der Waals surface area contributed by atoms with Crippen LogP contribution in [0, 0.1) is 24.1 Å². The van der Waals surface area contributed by atoms with Gasteiger partial charge in [0.15, 0.2) is 11.5 Å². The van der Waals surface area contributed by atoms with Crippen LogP contribution in [0.3, 0.4) is 0 Å². The Bertz CT molecular complexity index is 1050. The third-order valence-electron chi connectivity index (χ3n) is 4.40. The molecule has 0 aliphatic carbocycles. The number of nitriles is 1. The van der Waals surface area contributed by atoms with Crippen LogP contribution in [0.15, 0.2) is 66.7 Å². The summed E-state index contributed by atoms with van der Waals surface area (Å²) in [5.74, 6) is 0.779. The standard InChI is InChI=1S/C25H22FNO2/c1-3-28-25-15-19(14-22(16-27)20-11-8-18(2)9-12-20)10-13-24(25)29-17-21-6-4-5-7-23(21)26/h4-15H,3,17H2,1-2H3/b22-14-. The second-order valence-electron chi connectivity index (χ2n) is 6.56. The topological polar surface area (TPSA) is 42.2 Å². The molecule has 3 rings (SSSR count). The van der Waals surface area contributed by atoms with Gasteiger partial charge in [0.2, 0.25) is 0 Å². The van der Waals surface area contributed by atoms with E-state index in [0.29, 0.717) is 29.2 Å². The summed E-state index contributed by atoms with van der Waals surface area (Å²) >= 11 is 0. The molecule has 3 aromatic rings. The van der Waals surface area contributed by atoms with E-state index in [9.17, 15) is 9.65 Å². The Morgan fingerprint density at radius 1 is 1.00 bits per heavy atom. The van der Waals surface area contributed by atoms with Crippen molar-refractivity contribution in [2.24, 2.45) is 0 Å². The molecule has 0 amide bonds. The second-order valence-corrected chi connectivity index (χ2v) is 6.56. The molecule has 0 aliphatic rings. The molecule has 0 saturated carbocycles. The van der Waals surface area contributed by atoms with E-state index in [1.165, 1.54) is 6.07 Å². The Hall–Kier alpha value is -3.58. The number of hydrogen-bond donors (Lipinski definition) is 0. The van der Waals surface area contributed by atoms with E-state index >= 15 is 0 Å². The third-order valence-corrected chi connectivity index (χ3v) is 4.40. The fraction of sp³-hybridized carbons (Fsp3) is 0.160. The molecule has 4 heteroatoms. The van der Waals surface area contributed by atoms with Crippen LogP contribution in [0.2, 0.25) is 0 Å². The van der Waals surface area contributed by atoms with Crippen LogP contribution >= 0.6 is 0 Å². The van der Waals surface area contributed by atoms with Crippen molar-refractivity contribution in [1.29, 1.82) is 5.26 Å². The number of aryl methyl sites for hydroxylation is 1. The highest BCUT2D eigenvalue weighted by atomic mass is 19.1. The summed E-state index contributed by atoms with van der Waals surface area (Å²) in [6.45, 7) is 4.46. The maximum absolute atomic E-state index is 13.8. The predicted molar refractivity (Wildman–Crippen MR) is 113 cm³/mol. The molecule has 146 valence electrons. The quantitative estimate of drug-likeness (QED) is 0.359. The molecule has 0 atom stereocenters. The molecule has 0 aromatic heterocycles. The predicted octanol–water partition coefficient (Wildman–Crippen LogP) is 6.18. The van der Waals surface area contributed by atoms with Gasteiger partial charge in [-0.05, 0) is 49.2 Å². The fourth-order valence-electron chi connectivity index (χ4n) is 2.85. The Morgan fingerprint density at radius 2 is 1.76 bits per heavy atom. The third kappa shape index (κ3) is 5.24. The highest BCUT2D eigenvalue weighted by Gasteiger charge is 2.09. The van der Waals surface area contributed by atoms with Crippen LogP contribution in [0.25, 0.3) is 11.6 Å². The van der Waals surface area contributed by atoms with Crippen LogP contribution in [-0.2, 0) is 6.61 Å². The van der Waals surface area contributed by atoms with Crippen LogP contribution in [-0.4, -0.2) is 6.61 Å². The van der Waals surface area contributed by atoms with E-state index in [2.05, 4.69) is 6.07 Å². The van der Waals surface area contributed by atoms with Crippen LogP contribution < -0.4 is 9.47 Å². The number of benzene rings is 3. The molecule has 0 bridgehead atoms. The van der Waals surface area contributed by atoms with Gasteiger partial charge in [-0.1, -0.05) is 54.1 Å². The van der Waals surface area contributed by atoms with E-state index in [0.717, 1.165) is 16.7 Å². The SMILES string of the molecule is CCOc1cc(/C=C(/C#N)c2ccc(C)cc2)ccc1OCc1ccccc1F. The van der Waals surface area contributed by atoms with E-state index in [1.807, 2.05) is 56.3 Å². The van der Waals surface area contributed by atoms with Gasteiger partial charge in [0.1, 0.15) is 12.4 Å². The normalized spacial score (nSPS) is 11.0. The zero-order valence-corrected chi connectivity index (χ0v) is 16.5. The van der Waals surface area contributed by atoms with Crippen LogP contribution in [0.1, 0.15) is 29.2 Å². The first-order valence-electron chi connectivity index (χ1n) is 9.42. The van der Waals surface area contributed by atoms with Crippen molar-refractivity contribution in [3.63, 3.8) is 0 Å². The summed E-state index contributed by atoms with van der Waals surface area (Å²) in [4.78, 5) is 0. The van der Waals surface area contributed by atoms with Crippen LogP contribution in [0.5, 0.6) is 11.5 Å². The Morgan fingerprint density at radius 3 is 2.45 bits per heavy atom. The second kappa shape index (κ2) is 9.57.